The zero-order valence-electron chi connectivity index (χ0n) is 34.4. The van der Waals surface area contributed by atoms with Gasteiger partial charge in [0.05, 0.1) is 11.0 Å². The van der Waals surface area contributed by atoms with E-state index in [0.29, 0.717) is 0 Å². The lowest BCUT2D eigenvalue weighted by Gasteiger charge is -2.28. The molecule has 62 heavy (non-hydrogen) atoms. The molecule has 0 bridgehead atoms. The number of aromatic nitrogens is 1. The maximum absolute atomic E-state index is 2.50. The lowest BCUT2D eigenvalue weighted by atomic mass is 9.82. The van der Waals surface area contributed by atoms with Crippen LogP contribution in [0, 0.1) is 0 Å². The summed E-state index contributed by atoms with van der Waals surface area (Å²) in [6.07, 6.45) is 0. The number of nitrogens with zero attached hydrogens (tertiary/aromatic N) is 2. The lowest BCUT2D eigenvalue weighted by molar-refractivity contribution is 0.660. The molecule has 0 fully saturated rings. The van der Waals surface area contributed by atoms with Crippen LogP contribution >= 0.6 is 11.3 Å². The summed E-state index contributed by atoms with van der Waals surface area (Å²) in [5.74, 6) is 0. The maximum atomic E-state index is 2.50. The number of anilines is 3. The summed E-state index contributed by atoms with van der Waals surface area (Å²) in [5, 5.41) is 10.3. The molecule has 0 radical (unpaired) electrons. The highest BCUT2D eigenvalue weighted by Gasteiger charge is 2.37. The van der Waals surface area contributed by atoms with Crippen molar-refractivity contribution in [3.8, 4) is 27.9 Å². The molecule has 10 aromatic carbocycles. The van der Waals surface area contributed by atoms with Gasteiger partial charge in [-0.1, -0.05) is 147 Å². The third-order valence-electron chi connectivity index (χ3n) is 13.6. The third-order valence-corrected chi connectivity index (χ3v) is 14.7. The molecule has 0 N–H and O–H groups in total. The zero-order valence-corrected chi connectivity index (χ0v) is 35.2. The largest absolute Gasteiger partial charge is 0.310 e. The molecule has 1 aliphatic rings. The van der Waals surface area contributed by atoms with Crippen molar-refractivity contribution in [2.24, 2.45) is 0 Å². The molecule has 0 amide bonds. The van der Waals surface area contributed by atoms with Crippen LogP contribution in [0.15, 0.2) is 206 Å². The van der Waals surface area contributed by atoms with E-state index in [0.717, 1.165) is 17.1 Å². The predicted molar refractivity (Wildman–Crippen MR) is 266 cm³/mol. The van der Waals surface area contributed by atoms with Crippen LogP contribution in [0.2, 0.25) is 0 Å². The van der Waals surface area contributed by atoms with Gasteiger partial charge in [0.25, 0.3) is 0 Å². The number of hydrogen-bond donors (Lipinski definition) is 0. The van der Waals surface area contributed by atoms with Crippen LogP contribution in [0.1, 0.15) is 25.0 Å². The van der Waals surface area contributed by atoms with E-state index >= 15 is 0 Å². The number of thiophene rings is 1. The van der Waals surface area contributed by atoms with E-state index in [9.17, 15) is 0 Å². The topological polar surface area (TPSA) is 8.17 Å². The van der Waals surface area contributed by atoms with Crippen molar-refractivity contribution < 1.29 is 0 Å². The first-order valence-corrected chi connectivity index (χ1v) is 22.3. The predicted octanol–water partition coefficient (Wildman–Crippen LogP) is 16.9. The van der Waals surface area contributed by atoms with Crippen LogP contribution in [0.4, 0.5) is 17.1 Å². The van der Waals surface area contributed by atoms with Gasteiger partial charge in [0.1, 0.15) is 0 Å². The van der Waals surface area contributed by atoms with E-state index in [4.69, 9.17) is 0 Å². The summed E-state index contributed by atoms with van der Waals surface area (Å²) in [7, 11) is 0. The van der Waals surface area contributed by atoms with Gasteiger partial charge in [-0.2, -0.15) is 0 Å². The van der Waals surface area contributed by atoms with Gasteiger partial charge in [0.15, 0.2) is 0 Å². The van der Waals surface area contributed by atoms with Gasteiger partial charge in [-0.25, -0.2) is 0 Å². The minimum absolute atomic E-state index is 0.245. The first-order valence-electron chi connectivity index (χ1n) is 21.5. The molecule has 3 heteroatoms. The molecular weight excluding hydrogens is 769 g/mol. The highest BCUT2D eigenvalue weighted by Crippen LogP contribution is 2.52. The first kappa shape index (κ1) is 35.3. The summed E-state index contributed by atoms with van der Waals surface area (Å²) < 4.78 is 5.12. The average Bonchev–Trinajstić information content (AvgIpc) is 3.95. The van der Waals surface area contributed by atoms with Crippen LogP contribution in [0.3, 0.4) is 0 Å². The second-order valence-electron chi connectivity index (χ2n) is 17.3. The number of fused-ring (bicyclic) bond motifs is 13. The molecule has 0 unspecified atom stereocenters. The molecule has 0 saturated heterocycles. The number of benzene rings is 10. The molecule has 292 valence electrons. The zero-order chi connectivity index (χ0) is 41.1. The van der Waals surface area contributed by atoms with Crippen molar-refractivity contribution in [3.63, 3.8) is 0 Å². The van der Waals surface area contributed by atoms with Gasteiger partial charge < -0.3 is 9.47 Å². The molecule has 12 aromatic rings. The maximum Gasteiger partial charge on any atom is 0.0547 e. The van der Waals surface area contributed by atoms with Gasteiger partial charge in [-0.3, -0.25) is 0 Å². The molecule has 1 aliphatic carbocycles. The molecule has 0 saturated carbocycles. The van der Waals surface area contributed by atoms with Crippen molar-refractivity contribution in [1.29, 1.82) is 0 Å². The monoisotopic (exact) mass is 808 g/mol. The number of rotatable bonds is 5. The fourth-order valence-corrected chi connectivity index (χ4v) is 11.6. The fraction of sp³-hybridized carbons (Fsp3) is 0.0508. The second-order valence-corrected chi connectivity index (χ2v) is 18.4. The Morgan fingerprint density at radius 2 is 0.935 bits per heavy atom. The van der Waals surface area contributed by atoms with Gasteiger partial charge >= 0.3 is 0 Å². The molecular formula is C59H40N2S. The highest BCUT2D eigenvalue weighted by atomic mass is 32.1. The summed E-state index contributed by atoms with van der Waals surface area (Å²) in [5.41, 5.74) is 14.6. The summed E-state index contributed by atoms with van der Waals surface area (Å²) >= 11 is 1.86. The Morgan fingerprint density at radius 1 is 0.403 bits per heavy atom. The molecule has 0 aliphatic heterocycles. The van der Waals surface area contributed by atoms with E-state index in [2.05, 4.69) is 230 Å². The minimum atomic E-state index is -0.245. The Hall–Kier alpha value is -7.46. The average molecular weight is 809 g/mol. The molecule has 0 spiro atoms. The molecule has 0 atom stereocenters. The molecule has 2 heterocycles. The van der Waals surface area contributed by atoms with Gasteiger partial charge in [-0.15, -0.1) is 11.3 Å². The standard InChI is InChI=1S/C59H40N2S/c1-59(2)51-35-43(60(41-24-20-38(21-25-41)37-12-4-3-5-13-37)42-28-33-56-50(34-42)49-18-10-11-19-55(49)62-56)26-29-47(51)48-30-27-44(36-52(48)59)61-53-31-22-39-14-6-8-16-45(39)57(53)58-46-17-9-7-15-40(46)23-32-54(58)61/h3-36H,1-2H3. The van der Waals surface area contributed by atoms with E-state index in [1.54, 1.807) is 0 Å². The van der Waals surface area contributed by atoms with Gasteiger partial charge in [0.2, 0.25) is 0 Å². The van der Waals surface area contributed by atoms with E-state index in [1.165, 1.54) is 103 Å². The smallest absolute Gasteiger partial charge is 0.0547 e. The lowest BCUT2D eigenvalue weighted by Crippen LogP contribution is -2.17. The summed E-state index contributed by atoms with van der Waals surface area (Å²) in [4.78, 5) is 2.44. The molecule has 2 nitrogen and oxygen atoms in total. The van der Waals surface area contributed by atoms with E-state index in [1.807, 2.05) is 11.3 Å². The van der Waals surface area contributed by atoms with Gasteiger partial charge in [0, 0.05) is 59.1 Å². The quantitative estimate of drug-likeness (QED) is 0.168. The first-order chi connectivity index (χ1) is 30.5. The minimum Gasteiger partial charge on any atom is -0.310 e. The Kier molecular flexibility index (Phi) is 7.56. The molecule has 2 aromatic heterocycles. The van der Waals surface area contributed by atoms with Crippen molar-refractivity contribution in [2.75, 3.05) is 4.90 Å². The van der Waals surface area contributed by atoms with Crippen molar-refractivity contribution >= 4 is 91.9 Å². The van der Waals surface area contributed by atoms with Crippen LogP contribution in [0.5, 0.6) is 0 Å². The molecule has 13 rings (SSSR count). The van der Waals surface area contributed by atoms with Crippen LogP contribution in [-0.4, -0.2) is 4.57 Å². The third kappa shape index (κ3) is 5.16. The summed E-state index contributed by atoms with van der Waals surface area (Å²) in [6, 6.07) is 76.6. The van der Waals surface area contributed by atoms with Crippen LogP contribution in [-0.2, 0) is 5.41 Å². The fourth-order valence-electron chi connectivity index (χ4n) is 10.6. The normalized spacial score (nSPS) is 13.1. The van der Waals surface area contributed by atoms with Crippen molar-refractivity contribution in [3.05, 3.63) is 217 Å². The SMILES string of the molecule is CC1(C)c2cc(N(c3ccc(-c4ccccc4)cc3)c3ccc4sc5ccccc5c4c3)ccc2-c2ccc(-n3c4ccc5ccccc5c4c4c5ccccc5ccc43)cc21. The van der Waals surface area contributed by atoms with Crippen LogP contribution in [0.25, 0.3) is 91.5 Å². The Morgan fingerprint density at radius 3 is 1.65 bits per heavy atom. The van der Waals surface area contributed by atoms with Gasteiger partial charge in [-0.05, 0) is 128 Å². The summed E-state index contributed by atoms with van der Waals surface area (Å²) in [6.45, 7) is 4.81. The van der Waals surface area contributed by atoms with E-state index in [-0.39, 0.29) is 5.41 Å². The Bertz CT molecular complexity index is 3680. The highest BCUT2D eigenvalue weighted by molar-refractivity contribution is 7.25. The van der Waals surface area contributed by atoms with Crippen molar-refractivity contribution in [2.45, 2.75) is 19.3 Å². The Balaban J connectivity index is 0.969. The van der Waals surface area contributed by atoms with Crippen molar-refractivity contribution in [1.82, 2.24) is 4.57 Å². The second kappa shape index (κ2) is 13.3. The van der Waals surface area contributed by atoms with Crippen LogP contribution < -0.4 is 4.90 Å². The van der Waals surface area contributed by atoms with E-state index < -0.39 is 0 Å². The Labute approximate surface area is 364 Å². The number of hydrogen-bond acceptors (Lipinski definition) is 2.